The molecule has 1 unspecified atom stereocenters. The van der Waals surface area contributed by atoms with E-state index >= 15 is 0 Å². The van der Waals surface area contributed by atoms with E-state index in [2.05, 4.69) is 31.4 Å². The lowest BCUT2D eigenvalue weighted by atomic mass is 9.70. The van der Waals surface area contributed by atoms with E-state index in [0.29, 0.717) is 18.6 Å². The van der Waals surface area contributed by atoms with Crippen molar-refractivity contribution in [2.24, 2.45) is 17.3 Å². The van der Waals surface area contributed by atoms with Gasteiger partial charge in [0, 0.05) is 13.7 Å². The summed E-state index contributed by atoms with van der Waals surface area (Å²) in [5.74, 6) is 1.64. The first-order chi connectivity index (χ1) is 9.84. The van der Waals surface area contributed by atoms with E-state index in [0.717, 1.165) is 18.4 Å². The van der Waals surface area contributed by atoms with E-state index in [1.54, 1.807) is 7.11 Å². The maximum absolute atomic E-state index is 11.8. The SMILES string of the molecule is COCCNC(=O)C(C)NCC1CCC(C(C)(C)C)CC1. The molecule has 0 aromatic heterocycles. The monoisotopic (exact) mass is 298 g/mol. The van der Waals surface area contributed by atoms with Crippen LogP contribution in [0.4, 0.5) is 0 Å². The zero-order valence-corrected chi connectivity index (χ0v) is 14.5. The average molecular weight is 298 g/mol. The van der Waals surface area contributed by atoms with Crippen LogP contribution < -0.4 is 10.6 Å². The number of amides is 1. The van der Waals surface area contributed by atoms with Gasteiger partial charge in [-0.05, 0) is 56.4 Å². The van der Waals surface area contributed by atoms with E-state index < -0.39 is 0 Å². The highest BCUT2D eigenvalue weighted by atomic mass is 16.5. The summed E-state index contributed by atoms with van der Waals surface area (Å²) in [5, 5.41) is 6.25. The first kappa shape index (κ1) is 18.4. The van der Waals surface area contributed by atoms with Crippen LogP contribution in [0.15, 0.2) is 0 Å². The number of carbonyl (C=O) groups is 1. The van der Waals surface area contributed by atoms with Crippen LogP contribution in [-0.4, -0.2) is 38.8 Å². The summed E-state index contributed by atoms with van der Waals surface area (Å²) in [6.45, 7) is 11.1. The highest BCUT2D eigenvalue weighted by Gasteiger charge is 2.29. The Balaban J connectivity index is 2.20. The predicted molar refractivity (Wildman–Crippen MR) is 87.3 cm³/mol. The van der Waals surface area contributed by atoms with Gasteiger partial charge < -0.3 is 15.4 Å². The molecule has 0 bridgehead atoms. The summed E-state index contributed by atoms with van der Waals surface area (Å²) in [7, 11) is 1.64. The quantitative estimate of drug-likeness (QED) is 0.710. The Kier molecular flexibility index (Phi) is 7.67. The normalized spacial score (nSPS) is 24.6. The van der Waals surface area contributed by atoms with Crippen molar-refractivity contribution in [3.63, 3.8) is 0 Å². The third-order valence-corrected chi connectivity index (χ3v) is 4.78. The van der Waals surface area contributed by atoms with Crippen LogP contribution in [0.2, 0.25) is 0 Å². The summed E-state index contributed by atoms with van der Waals surface area (Å²) in [5.41, 5.74) is 0.437. The second-order valence-electron chi connectivity index (χ2n) is 7.50. The number of hydrogen-bond acceptors (Lipinski definition) is 3. The highest BCUT2D eigenvalue weighted by molar-refractivity contribution is 5.81. The number of carbonyl (C=O) groups excluding carboxylic acids is 1. The third kappa shape index (κ3) is 6.79. The molecule has 0 radical (unpaired) electrons. The molecule has 0 aliphatic heterocycles. The molecule has 1 amide bonds. The largest absolute Gasteiger partial charge is 0.383 e. The van der Waals surface area contributed by atoms with Crippen LogP contribution in [0.25, 0.3) is 0 Å². The second-order valence-corrected chi connectivity index (χ2v) is 7.50. The Labute approximate surface area is 130 Å². The van der Waals surface area contributed by atoms with Gasteiger partial charge in [0.05, 0.1) is 12.6 Å². The van der Waals surface area contributed by atoms with Gasteiger partial charge in [-0.25, -0.2) is 0 Å². The number of methoxy groups -OCH3 is 1. The molecular weight excluding hydrogens is 264 g/mol. The molecular formula is C17H34N2O2. The predicted octanol–water partition coefficient (Wildman–Crippen LogP) is 2.58. The van der Waals surface area contributed by atoms with Crippen molar-refractivity contribution in [2.45, 2.75) is 59.4 Å². The van der Waals surface area contributed by atoms with E-state index in [1.165, 1.54) is 25.7 Å². The van der Waals surface area contributed by atoms with Crippen LogP contribution >= 0.6 is 0 Å². The van der Waals surface area contributed by atoms with Crippen molar-refractivity contribution < 1.29 is 9.53 Å². The third-order valence-electron chi connectivity index (χ3n) is 4.78. The molecule has 0 heterocycles. The molecule has 1 rings (SSSR count). The fourth-order valence-corrected chi connectivity index (χ4v) is 3.10. The molecule has 0 saturated heterocycles. The smallest absolute Gasteiger partial charge is 0.236 e. The Morgan fingerprint density at radius 2 is 1.86 bits per heavy atom. The van der Waals surface area contributed by atoms with E-state index in [9.17, 15) is 4.79 Å². The first-order valence-electron chi connectivity index (χ1n) is 8.34. The molecule has 21 heavy (non-hydrogen) atoms. The molecule has 1 fully saturated rings. The van der Waals surface area contributed by atoms with Crippen LogP contribution in [0.3, 0.4) is 0 Å². The van der Waals surface area contributed by atoms with Gasteiger partial charge in [-0.2, -0.15) is 0 Å². The van der Waals surface area contributed by atoms with Crippen molar-refractivity contribution in [3.05, 3.63) is 0 Å². The molecule has 0 aromatic carbocycles. The zero-order valence-electron chi connectivity index (χ0n) is 14.5. The van der Waals surface area contributed by atoms with Crippen LogP contribution in [0, 0.1) is 17.3 Å². The molecule has 0 spiro atoms. The molecule has 1 aliphatic rings. The fourth-order valence-electron chi connectivity index (χ4n) is 3.10. The lowest BCUT2D eigenvalue weighted by Crippen LogP contribution is -2.45. The molecule has 4 heteroatoms. The minimum atomic E-state index is -0.123. The second kappa shape index (κ2) is 8.74. The fraction of sp³-hybridized carbons (Fsp3) is 0.941. The van der Waals surface area contributed by atoms with Crippen LogP contribution in [-0.2, 0) is 9.53 Å². The van der Waals surface area contributed by atoms with Crippen LogP contribution in [0.1, 0.15) is 53.4 Å². The Hall–Kier alpha value is -0.610. The first-order valence-corrected chi connectivity index (χ1v) is 8.34. The van der Waals surface area contributed by atoms with Crippen molar-refractivity contribution >= 4 is 5.91 Å². The summed E-state index contributed by atoms with van der Waals surface area (Å²) >= 11 is 0. The summed E-state index contributed by atoms with van der Waals surface area (Å²) in [6, 6.07) is -0.123. The van der Waals surface area contributed by atoms with Gasteiger partial charge >= 0.3 is 0 Å². The average Bonchev–Trinajstić information content (AvgIpc) is 2.44. The number of nitrogens with one attached hydrogen (secondary N) is 2. The Bertz CT molecular complexity index is 304. The van der Waals surface area contributed by atoms with E-state index in [1.807, 2.05) is 6.92 Å². The number of ether oxygens (including phenoxy) is 1. The van der Waals surface area contributed by atoms with Gasteiger partial charge in [-0.15, -0.1) is 0 Å². The van der Waals surface area contributed by atoms with E-state index in [4.69, 9.17) is 4.74 Å². The minimum absolute atomic E-state index is 0.0652. The Morgan fingerprint density at radius 1 is 1.24 bits per heavy atom. The van der Waals surface area contributed by atoms with Gasteiger partial charge in [0.1, 0.15) is 0 Å². The van der Waals surface area contributed by atoms with Gasteiger partial charge in [-0.1, -0.05) is 20.8 Å². The van der Waals surface area contributed by atoms with Gasteiger partial charge in [-0.3, -0.25) is 4.79 Å². The van der Waals surface area contributed by atoms with Crippen LogP contribution in [0.5, 0.6) is 0 Å². The zero-order chi connectivity index (χ0) is 15.9. The van der Waals surface area contributed by atoms with Crippen molar-refractivity contribution in [1.29, 1.82) is 0 Å². The standard InChI is InChI=1S/C17H34N2O2/c1-13(16(20)18-10-11-21-5)19-12-14-6-8-15(9-7-14)17(2,3)4/h13-15,19H,6-12H2,1-5H3,(H,18,20). The topological polar surface area (TPSA) is 50.4 Å². The van der Waals surface area contributed by atoms with Crippen molar-refractivity contribution in [2.75, 3.05) is 26.8 Å². The van der Waals surface area contributed by atoms with Gasteiger partial charge in [0.15, 0.2) is 0 Å². The molecule has 1 saturated carbocycles. The van der Waals surface area contributed by atoms with E-state index in [-0.39, 0.29) is 11.9 Å². The summed E-state index contributed by atoms with van der Waals surface area (Å²) in [6.07, 6.45) is 5.22. The summed E-state index contributed by atoms with van der Waals surface area (Å²) < 4.78 is 4.93. The maximum Gasteiger partial charge on any atom is 0.236 e. The lowest BCUT2D eigenvalue weighted by molar-refractivity contribution is -0.123. The molecule has 1 atom stereocenters. The highest BCUT2D eigenvalue weighted by Crippen LogP contribution is 2.39. The molecule has 124 valence electrons. The lowest BCUT2D eigenvalue weighted by Gasteiger charge is -2.37. The Morgan fingerprint density at radius 3 is 2.38 bits per heavy atom. The molecule has 1 aliphatic carbocycles. The minimum Gasteiger partial charge on any atom is -0.383 e. The number of hydrogen-bond donors (Lipinski definition) is 2. The maximum atomic E-state index is 11.8. The van der Waals surface area contributed by atoms with Gasteiger partial charge in [0.2, 0.25) is 5.91 Å². The van der Waals surface area contributed by atoms with Crippen molar-refractivity contribution in [1.82, 2.24) is 10.6 Å². The molecule has 2 N–H and O–H groups in total. The molecule has 4 nitrogen and oxygen atoms in total. The van der Waals surface area contributed by atoms with Gasteiger partial charge in [0.25, 0.3) is 0 Å². The number of rotatable bonds is 7. The summed E-state index contributed by atoms with van der Waals surface area (Å²) in [4.78, 5) is 11.8. The van der Waals surface area contributed by atoms with Crippen molar-refractivity contribution in [3.8, 4) is 0 Å². The molecule has 0 aromatic rings.